The average molecular weight is 200 g/mol. The largest absolute Gasteiger partial charge is 0.335 e. The third-order valence-electron chi connectivity index (χ3n) is 0.892. The smallest absolute Gasteiger partial charge is 0.242 e. The number of nitrogens with one attached hydrogen (secondary N) is 1. The summed E-state index contributed by atoms with van der Waals surface area (Å²) in [6, 6.07) is 2.07. The molecule has 0 amide bonds. The summed E-state index contributed by atoms with van der Waals surface area (Å²) in [5.74, 6) is 0. The Morgan fingerprint density at radius 2 is 1.44 bits per heavy atom. The molecule has 2 radical (unpaired) electrons. The lowest BCUT2D eigenvalue weighted by molar-refractivity contribution is 1.32. The van der Waals surface area contributed by atoms with Crippen molar-refractivity contribution in [1.82, 2.24) is 4.65 Å². The molecule has 0 aliphatic rings. The van der Waals surface area contributed by atoms with E-state index in [4.69, 9.17) is 22.2 Å². The molecular formula is C4H11Cl2NSi2. The first-order valence-electron chi connectivity index (χ1n) is 3.00. The van der Waals surface area contributed by atoms with Gasteiger partial charge in [-0.1, -0.05) is 13.8 Å². The summed E-state index contributed by atoms with van der Waals surface area (Å²) in [6.45, 7) is 4.16. The van der Waals surface area contributed by atoms with Crippen molar-refractivity contribution in [2.45, 2.75) is 25.9 Å². The Balaban J connectivity index is 3.22. The van der Waals surface area contributed by atoms with E-state index >= 15 is 0 Å². The van der Waals surface area contributed by atoms with Crippen molar-refractivity contribution >= 4 is 38.7 Å². The van der Waals surface area contributed by atoms with Crippen molar-refractivity contribution in [2.24, 2.45) is 0 Å². The fraction of sp³-hybridized carbons (Fsp3) is 1.00. The van der Waals surface area contributed by atoms with E-state index in [2.05, 4.69) is 18.5 Å². The third-order valence-corrected chi connectivity index (χ3v) is 7.61. The minimum absolute atomic E-state index is 0.805. The predicted octanol–water partition coefficient (Wildman–Crippen LogP) is 2.07. The summed E-state index contributed by atoms with van der Waals surface area (Å²) >= 11 is 11.7. The van der Waals surface area contributed by atoms with Gasteiger partial charge in [-0.25, -0.2) is 0 Å². The lowest BCUT2D eigenvalue weighted by atomic mass is 11.0. The monoisotopic (exact) mass is 199 g/mol. The molecule has 0 saturated heterocycles. The van der Waals surface area contributed by atoms with Crippen molar-refractivity contribution in [2.75, 3.05) is 0 Å². The van der Waals surface area contributed by atoms with E-state index in [1.54, 1.807) is 0 Å². The second kappa shape index (κ2) is 5.74. The second-order valence-electron chi connectivity index (χ2n) is 1.64. The molecule has 0 aliphatic carbocycles. The Morgan fingerprint density at radius 3 is 1.67 bits per heavy atom. The summed E-state index contributed by atoms with van der Waals surface area (Å²) in [6.07, 6.45) is 0. The molecule has 0 unspecified atom stereocenters. The lowest BCUT2D eigenvalue weighted by Gasteiger charge is -2.07. The first-order chi connectivity index (χ1) is 4.20. The maximum atomic E-state index is 5.87. The Morgan fingerprint density at radius 1 is 1.11 bits per heavy atom. The molecule has 0 aliphatic heterocycles. The van der Waals surface area contributed by atoms with Crippen LogP contribution in [0.5, 0.6) is 0 Å². The van der Waals surface area contributed by atoms with Crippen LogP contribution in [0.3, 0.4) is 0 Å². The van der Waals surface area contributed by atoms with Crippen molar-refractivity contribution in [3.05, 3.63) is 0 Å². The van der Waals surface area contributed by atoms with E-state index in [1.165, 1.54) is 0 Å². The molecule has 0 fully saturated rings. The van der Waals surface area contributed by atoms with Crippen LogP contribution in [0, 0.1) is 0 Å². The average Bonchev–Trinajstić information content (AvgIpc) is 1.87. The molecule has 0 saturated carbocycles. The molecule has 0 spiro atoms. The molecule has 0 aromatic rings. The van der Waals surface area contributed by atoms with Gasteiger partial charge in [0.05, 0.1) is 0 Å². The summed E-state index contributed by atoms with van der Waals surface area (Å²) < 4.78 is 3.21. The van der Waals surface area contributed by atoms with Gasteiger partial charge in [0.25, 0.3) is 0 Å². The predicted molar refractivity (Wildman–Crippen MR) is 47.3 cm³/mol. The van der Waals surface area contributed by atoms with Crippen LogP contribution in [0.4, 0.5) is 0 Å². The minimum atomic E-state index is -0.805. The normalized spacial score (nSPS) is 11.3. The molecule has 9 heavy (non-hydrogen) atoms. The molecule has 0 atom stereocenters. The van der Waals surface area contributed by atoms with Crippen molar-refractivity contribution < 1.29 is 0 Å². The van der Waals surface area contributed by atoms with E-state index in [-0.39, 0.29) is 0 Å². The highest BCUT2D eigenvalue weighted by Gasteiger charge is 2.11. The molecule has 5 heteroatoms. The summed E-state index contributed by atoms with van der Waals surface area (Å²) in [5, 5.41) is 0. The number of rotatable bonds is 4. The number of hydrogen-bond donors (Lipinski definition) is 1. The van der Waals surface area contributed by atoms with Gasteiger partial charge in [-0.3, -0.25) is 0 Å². The molecular weight excluding hydrogens is 189 g/mol. The van der Waals surface area contributed by atoms with E-state index in [0.717, 1.165) is 12.1 Å². The maximum absolute atomic E-state index is 5.87. The van der Waals surface area contributed by atoms with Gasteiger partial charge in [0.15, 0.2) is 0 Å². The van der Waals surface area contributed by atoms with Crippen LogP contribution in [0.1, 0.15) is 13.8 Å². The molecule has 1 nitrogen and oxygen atoms in total. The van der Waals surface area contributed by atoms with Gasteiger partial charge in [0, 0.05) is 0 Å². The highest BCUT2D eigenvalue weighted by Crippen LogP contribution is 1.98. The lowest BCUT2D eigenvalue weighted by Crippen LogP contribution is -2.37. The molecule has 54 valence electrons. The molecule has 0 aromatic carbocycles. The summed E-state index contributed by atoms with van der Waals surface area (Å²) in [4.78, 5) is 0. The topological polar surface area (TPSA) is 12.0 Å². The van der Waals surface area contributed by atoms with Gasteiger partial charge in [-0.15, -0.1) is 22.2 Å². The van der Waals surface area contributed by atoms with Crippen LogP contribution in [0.2, 0.25) is 12.1 Å². The van der Waals surface area contributed by atoms with Crippen LogP contribution < -0.4 is 4.65 Å². The van der Waals surface area contributed by atoms with Gasteiger partial charge in [-0.2, -0.15) is 0 Å². The molecule has 0 aromatic heterocycles. The standard InChI is InChI=1S/C4H11Cl2NSi2/c1-3-8(5)7-9(6)4-2/h7H,3-4H2,1-2H3. The molecule has 0 rings (SSSR count). The van der Waals surface area contributed by atoms with E-state index in [9.17, 15) is 0 Å². The SMILES string of the molecule is CC[Si](Cl)N[Si](Cl)CC. The van der Waals surface area contributed by atoms with Gasteiger partial charge >= 0.3 is 0 Å². The van der Waals surface area contributed by atoms with Gasteiger partial charge in [0.1, 0.15) is 0 Å². The number of halogens is 2. The van der Waals surface area contributed by atoms with Crippen LogP contribution in [-0.4, -0.2) is 16.5 Å². The first-order valence-corrected chi connectivity index (χ1v) is 8.44. The van der Waals surface area contributed by atoms with Crippen molar-refractivity contribution in [3.8, 4) is 0 Å². The molecule has 1 N–H and O–H groups in total. The first kappa shape index (κ1) is 9.97. The van der Waals surface area contributed by atoms with Crippen LogP contribution in [0.15, 0.2) is 0 Å². The van der Waals surface area contributed by atoms with Crippen molar-refractivity contribution in [3.63, 3.8) is 0 Å². The molecule has 0 bridgehead atoms. The Kier molecular flexibility index (Phi) is 6.36. The molecule has 0 heterocycles. The second-order valence-corrected chi connectivity index (χ2v) is 8.41. The van der Waals surface area contributed by atoms with E-state index in [1.807, 2.05) is 0 Å². The maximum Gasteiger partial charge on any atom is 0.242 e. The van der Waals surface area contributed by atoms with Gasteiger partial charge in [0.2, 0.25) is 16.5 Å². The van der Waals surface area contributed by atoms with E-state index in [0.29, 0.717) is 0 Å². The van der Waals surface area contributed by atoms with Crippen LogP contribution >= 0.6 is 22.2 Å². The van der Waals surface area contributed by atoms with Crippen LogP contribution in [0.25, 0.3) is 0 Å². The Bertz CT molecular complexity index is 65.6. The van der Waals surface area contributed by atoms with Crippen molar-refractivity contribution in [1.29, 1.82) is 0 Å². The number of hydrogen-bond acceptors (Lipinski definition) is 1. The highest BCUT2D eigenvalue weighted by molar-refractivity contribution is 7.16. The van der Waals surface area contributed by atoms with Gasteiger partial charge < -0.3 is 4.65 Å². The quantitative estimate of drug-likeness (QED) is 0.541. The fourth-order valence-electron chi connectivity index (χ4n) is 0.324. The van der Waals surface area contributed by atoms with Crippen LogP contribution in [-0.2, 0) is 0 Å². The Labute approximate surface area is 69.5 Å². The zero-order chi connectivity index (χ0) is 7.28. The Hall–Kier alpha value is 0.974. The van der Waals surface area contributed by atoms with Gasteiger partial charge in [-0.05, 0) is 12.1 Å². The zero-order valence-corrected chi connectivity index (χ0v) is 9.18. The minimum Gasteiger partial charge on any atom is -0.335 e. The third kappa shape index (κ3) is 5.42. The fourth-order valence-corrected chi connectivity index (χ4v) is 5.40. The summed E-state index contributed by atoms with van der Waals surface area (Å²) in [5.41, 5.74) is 0. The zero-order valence-electron chi connectivity index (χ0n) is 5.67. The highest BCUT2D eigenvalue weighted by atomic mass is 35.6. The van der Waals surface area contributed by atoms with E-state index < -0.39 is 16.5 Å². The summed E-state index contributed by atoms with van der Waals surface area (Å²) in [7, 11) is -1.61.